The van der Waals surface area contributed by atoms with Crippen LogP contribution in [-0.4, -0.2) is 36.6 Å². The van der Waals surface area contributed by atoms with Gasteiger partial charge in [0.1, 0.15) is 0 Å². The van der Waals surface area contributed by atoms with Crippen molar-refractivity contribution < 1.29 is 0 Å². The Morgan fingerprint density at radius 1 is 1.53 bits per heavy atom. The van der Waals surface area contributed by atoms with E-state index in [9.17, 15) is 0 Å². The third-order valence-corrected chi connectivity index (χ3v) is 4.09. The molecule has 0 spiro atoms. The molecule has 0 aromatic carbocycles. The van der Waals surface area contributed by atoms with E-state index >= 15 is 0 Å². The summed E-state index contributed by atoms with van der Waals surface area (Å²) >= 11 is 1.76. The predicted molar refractivity (Wildman–Crippen MR) is 65.7 cm³/mol. The summed E-state index contributed by atoms with van der Waals surface area (Å²) in [7, 11) is 2.19. The van der Waals surface area contributed by atoms with Crippen molar-refractivity contribution in [2.45, 2.75) is 20.3 Å². The number of hydrogen-bond donors (Lipinski definition) is 1. The summed E-state index contributed by atoms with van der Waals surface area (Å²) in [5.74, 6) is 0.791. The first-order valence-electron chi connectivity index (χ1n) is 5.51. The number of nitrogens with zero attached hydrogens (tertiary/aromatic N) is 2. The molecule has 1 aliphatic rings. The van der Waals surface area contributed by atoms with Gasteiger partial charge in [-0.15, -0.1) is 11.3 Å². The fourth-order valence-electron chi connectivity index (χ4n) is 1.97. The molecule has 0 aliphatic carbocycles. The van der Waals surface area contributed by atoms with Crippen LogP contribution in [0.2, 0.25) is 0 Å². The molecule has 84 valence electrons. The van der Waals surface area contributed by atoms with E-state index in [2.05, 4.69) is 36.1 Å². The van der Waals surface area contributed by atoms with E-state index in [1.165, 1.54) is 24.4 Å². The molecule has 1 aliphatic heterocycles. The summed E-state index contributed by atoms with van der Waals surface area (Å²) in [5.41, 5.74) is 1.16. The van der Waals surface area contributed by atoms with Crippen molar-refractivity contribution >= 4 is 16.5 Å². The maximum Gasteiger partial charge on any atom is 0.183 e. The Kier molecular flexibility index (Phi) is 3.26. The standard InChI is InChI=1S/C11H19N3S/c1-8-9(2)15-11(13-8)12-6-10-4-5-14(3)7-10/h10H,4-7H2,1-3H3,(H,12,13). The minimum absolute atomic E-state index is 0.791. The number of aryl methyl sites for hydroxylation is 2. The van der Waals surface area contributed by atoms with E-state index < -0.39 is 0 Å². The molecule has 15 heavy (non-hydrogen) atoms. The van der Waals surface area contributed by atoms with Crippen LogP contribution in [-0.2, 0) is 0 Å². The first kappa shape index (κ1) is 10.9. The summed E-state index contributed by atoms with van der Waals surface area (Å²) in [5, 5.41) is 4.53. The van der Waals surface area contributed by atoms with Crippen molar-refractivity contribution in [3.63, 3.8) is 0 Å². The zero-order chi connectivity index (χ0) is 10.8. The third-order valence-electron chi connectivity index (χ3n) is 3.06. The lowest BCUT2D eigenvalue weighted by molar-refractivity contribution is 0.399. The maximum absolute atomic E-state index is 4.48. The average molecular weight is 225 g/mol. The van der Waals surface area contributed by atoms with Crippen LogP contribution in [0, 0.1) is 19.8 Å². The molecule has 1 unspecified atom stereocenters. The summed E-state index contributed by atoms with van der Waals surface area (Å²) < 4.78 is 0. The molecule has 4 heteroatoms. The van der Waals surface area contributed by atoms with Gasteiger partial charge in [-0.25, -0.2) is 4.98 Å². The number of hydrogen-bond acceptors (Lipinski definition) is 4. The van der Waals surface area contributed by atoms with E-state index in [-0.39, 0.29) is 0 Å². The van der Waals surface area contributed by atoms with Gasteiger partial charge in [-0.05, 0) is 39.8 Å². The third kappa shape index (κ3) is 2.69. The smallest absolute Gasteiger partial charge is 0.183 e. The highest BCUT2D eigenvalue weighted by atomic mass is 32.1. The quantitative estimate of drug-likeness (QED) is 0.854. The molecule has 0 bridgehead atoms. The van der Waals surface area contributed by atoms with Crippen LogP contribution in [0.5, 0.6) is 0 Å². The lowest BCUT2D eigenvalue weighted by Crippen LogP contribution is -2.19. The minimum atomic E-state index is 0.791. The molecule has 1 saturated heterocycles. The number of anilines is 1. The van der Waals surface area contributed by atoms with Crippen LogP contribution in [0.4, 0.5) is 5.13 Å². The fourth-order valence-corrected chi connectivity index (χ4v) is 2.79. The molecule has 0 radical (unpaired) electrons. The molecule has 1 N–H and O–H groups in total. The van der Waals surface area contributed by atoms with Crippen molar-refractivity contribution in [3.05, 3.63) is 10.6 Å². The van der Waals surface area contributed by atoms with E-state index in [1.54, 1.807) is 11.3 Å². The predicted octanol–water partition coefficient (Wildman–Crippen LogP) is 2.12. The largest absolute Gasteiger partial charge is 0.361 e. The normalized spacial score (nSPS) is 22.2. The highest BCUT2D eigenvalue weighted by Crippen LogP contribution is 2.22. The van der Waals surface area contributed by atoms with Gasteiger partial charge in [0.15, 0.2) is 5.13 Å². The van der Waals surface area contributed by atoms with Crippen LogP contribution < -0.4 is 5.32 Å². The molecule has 1 atom stereocenters. The van der Waals surface area contributed by atoms with Crippen molar-refractivity contribution in [2.75, 3.05) is 32.0 Å². The van der Waals surface area contributed by atoms with E-state index in [0.29, 0.717) is 0 Å². The highest BCUT2D eigenvalue weighted by Gasteiger charge is 2.19. The monoisotopic (exact) mass is 225 g/mol. The Labute approximate surface area is 95.5 Å². The van der Waals surface area contributed by atoms with Gasteiger partial charge in [-0.3, -0.25) is 0 Å². The van der Waals surface area contributed by atoms with Crippen molar-refractivity contribution in [2.24, 2.45) is 5.92 Å². The van der Waals surface area contributed by atoms with Crippen LogP contribution in [0.25, 0.3) is 0 Å². The molecule has 1 fully saturated rings. The summed E-state index contributed by atoms with van der Waals surface area (Å²) in [6.45, 7) is 7.72. The van der Waals surface area contributed by atoms with Crippen LogP contribution >= 0.6 is 11.3 Å². The SMILES string of the molecule is Cc1nc(NCC2CCN(C)C2)sc1C. The molecule has 0 amide bonds. The first-order valence-corrected chi connectivity index (χ1v) is 6.33. The first-order chi connectivity index (χ1) is 7.15. The number of aromatic nitrogens is 1. The highest BCUT2D eigenvalue weighted by molar-refractivity contribution is 7.15. The minimum Gasteiger partial charge on any atom is -0.361 e. The van der Waals surface area contributed by atoms with Gasteiger partial charge in [0.05, 0.1) is 5.69 Å². The Morgan fingerprint density at radius 2 is 2.33 bits per heavy atom. The van der Waals surface area contributed by atoms with Crippen molar-refractivity contribution in [1.82, 2.24) is 9.88 Å². The van der Waals surface area contributed by atoms with Gasteiger partial charge in [0.2, 0.25) is 0 Å². The maximum atomic E-state index is 4.48. The van der Waals surface area contributed by atoms with Gasteiger partial charge < -0.3 is 10.2 Å². The second-order valence-electron chi connectivity index (χ2n) is 4.46. The Bertz CT molecular complexity index is 315. The molecule has 1 aromatic heterocycles. The summed E-state index contributed by atoms with van der Waals surface area (Å²) in [6, 6.07) is 0. The molecule has 2 heterocycles. The van der Waals surface area contributed by atoms with Crippen LogP contribution in [0.1, 0.15) is 17.0 Å². The van der Waals surface area contributed by atoms with Crippen LogP contribution in [0.3, 0.4) is 0 Å². The van der Waals surface area contributed by atoms with E-state index in [4.69, 9.17) is 0 Å². The topological polar surface area (TPSA) is 28.2 Å². The average Bonchev–Trinajstić information content (AvgIpc) is 2.72. The zero-order valence-electron chi connectivity index (χ0n) is 9.71. The number of rotatable bonds is 3. The van der Waals surface area contributed by atoms with Gasteiger partial charge in [-0.1, -0.05) is 0 Å². The van der Waals surface area contributed by atoms with Crippen LogP contribution in [0.15, 0.2) is 0 Å². The van der Waals surface area contributed by atoms with Gasteiger partial charge >= 0.3 is 0 Å². The van der Waals surface area contributed by atoms with Crippen molar-refractivity contribution in [1.29, 1.82) is 0 Å². The van der Waals surface area contributed by atoms with Gasteiger partial charge in [-0.2, -0.15) is 0 Å². The fraction of sp³-hybridized carbons (Fsp3) is 0.727. The molecule has 1 aromatic rings. The van der Waals surface area contributed by atoms with Crippen molar-refractivity contribution in [3.8, 4) is 0 Å². The zero-order valence-corrected chi connectivity index (χ0v) is 10.5. The van der Waals surface area contributed by atoms with Gasteiger partial charge in [0.25, 0.3) is 0 Å². The Morgan fingerprint density at radius 3 is 2.87 bits per heavy atom. The molecular weight excluding hydrogens is 206 g/mol. The Hall–Kier alpha value is -0.610. The lowest BCUT2D eigenvalue weighted by atomic mass is 10.1. The molecule has 3 nitrogen and oxygen atoms in total. The number of likely N-dealkylation sites (tertiary alicyclic amines) is 1. The summed E-state index contributed by atoms with van der Waals surface area (Å²) in [4.78, 5) is 8.20. The molecule has 2 rings (SSSR count). The number of thiazole rings is 1. The molecule has 0 saturated carbocycles. The summed E-state index contributed by atoms with van der Waals surface area (Å²) in [6.07, 6.45) is 1.31. The van der Waals surface area contributed by atoms with E-state index in [0.717, 1.165) is 23.3 Å². The number of nitrogens with one attached hydrogen (secondary N) is 1. The second-order valence-corrected chi connectivity index (χ2v) is 5.66. The lowest BCUT2D eigenvalue weighted by Gasteiger charge is -2.10. The second kappa shape index (κ2) is 4.49. The Balaban J connectivity index is 1.83. The molecular formula is C11H19N3S. The van der Waals surface area contributed by atoms with E-state index in [1.807, 2.05) is 0 Å². The van der Waals surface area contributed by atoms with Gasteiger partial charge in [0, 0.05) is 18.0 Å².